The van der Waals surface area contributed by atoms with Gasteiger partial charge in [0.25, 0.3) is 0 Å². The molecule has 0 aliphatic carbocycles. The number of nitro groups is 1. The van der Waals surface area contributed by atoms with E-state index >= 15 is 0 Å². The molecule has 11 nitrogen and oxygen atoms in total. The molecule has 1 aromatic carbocycles. The number of hydrogen-bond acceptors (Lipinski definition) is 10. The Hall–Kier alpha value is -3.31. The minimum atomic E-state index is -0.559. The summed E-state index contributed by atoms with van der Waals surface area (Å²) in [4.78, 5) is 33.5. The monoisotopic (exact) mass is 416 g/mol. The van der Waals surface area contributed by atoms with Gasteiger partial charge in [0.2, 0.25) is 11.6 Å². The summed E-state index contributed by atoms with van der Waals surface area (Å²) in [6.07, 6.45) is 2.04. The highest BCUT2D eigenvalue weighted by Crippen LogP contribution is 2.32. The van der Waals surface area contributed by atoms with Crippen LogP contribution < -0.4 is 10.6 Å². The molecule has 0 radical (unpaired) electrons. The van der Waals surface area contributed by atoms with Crippen molar-refractivity contribution in [2.75, 3.05) is 57.1 Å². The standard InChI is InChI=1S/C19H24N6O5/c1-29-19(26)14-5-2-3-6-15(14)23-18-16(25(27)28)17(21-13-22-18)20-7-4-8-24-9-11-30-12-10-24/h2-3,5-6,13H,4,7-12H2,1H3,(H2,20,21,22,23). The number of nitrogens with one attached hydrogen (secondary N) is 2. The summed E-state index contributed by atoms with van der Waals surface area (Å²) >= 11 is 0. The van der Waals surface area contributed by atoms with E-state index in [1.807, 2.05) is 0 Å². The van der Waals surface area contributed by atoms with Gasteiger partial charge in [-0.3, -0.25) is 15.0 Å². The summed E-state index contributed by atoms with van der Waals surface area (Å²) in [5, 5.41) is 17.6. The molecule has 0 unspecified atom stereocenters. The molecule has 3 rings (SSSR count). The smallest absolute Gasteiger partial charge is 0.353 e. The average molecular weight is 416 g/mol. The molecule has 1 fully saturated rings. The maximum absolute atomic E-state index is 12.0. The Kier molecular flexibility index (Phi) is 7.46. The SMILES string of the molecule is COC(=O)c1ccccc1Nc1ncnc(NCCCN2CCOCC2)c1[N+](=O)[O-]. The molecule has 1 aliphatic heterocycles. The van der Waals surface area contributed by atoms with Crippen LogP contribution >= 0.6 is 0 Å². The van der Waals surface area contributed by atoms with Crippen molar-refractivity contribution >= 4 is 29.0 Å². The lowest BCUT2D eigenvalue weighted by atomic mass is 10.2. The van der Waals surface area contributed by atoms with Crippen molar-refractivity contribution in [2.45, 2.75) is 6.42 Å². The number of carbonyl (C=O) groups is 1. The quantitative estimate of drug-likeness (QED) is 0.271. The van der Waals surface area contributed by atoms with Crippen LogP contribution in [0.5, 0.6) is 0 Å². The Morgan fingerprint density at radius 2 is 2.00 bits per heavy atom. The molecule has 1 aliphatic rings. The van der Waals surface area contributed by atoms with E-state index in [2.05, 4.69) is 25.5 Å². The molecule has 2 aromatic rings. The lowest BCUT2D eigenvalue weighted by molar-refractivity contribution is -0.383. The van der Waals surface area contributed by atoms with Crippen LogP contribution in [0.25, 0.3) is 0 Å². The number of hydrogen-bond donors (Lipinski definition) is 2. The third-order valence-electron chi connectivity index (χ3n) is 4.64. The number of anilines is 3. The highest BCUT2D eigenvalue weighted by atomic mass is 16.6. The summed E-state index contributed by atoms with van der Waals surface area (Å²) in [6, 6.07) is 6.55. The first-order valence-electron chi connectivity index (χ1n) is 9.58. The third-order valence-corrected chi connectivity index (χ3v) is 4.64. The number of morpholine rings is 1. The molecule has 0 saturated carbocycles. The second kappa shape index (κ2) is 10.5. The maximum Gasteiger partial charge on any atom is 0.353 e. The van der Waals surface area contributed by atoms with E-state index < -0.39 is 10.9 Å². The number of para-hydroxylation sites is 1. The zero-order valence-corrected chi connectivity index (χ0v) is 16.7. The van der Waals surface area contributed by atoms with Crippen LogP contribution in [0, 0.1) is 10.1 Å². The zero-order valence-electron chi connectivity index (χ0n) is 16.7. The summed E-state index contributed by atoms with van der Waals surface area (Å²) < 4.78 is 10.1. The van der Waals surface area contributed by atoms with Gasteiger partial charge in [-0.15, -0.1) is 0 Å². The molecule has 11 heteroatoms. The van der Waals surface area contributed by atoms with Crippen LogP contribution in [-0.4, -0.2) is 72.3 Å². The predicted molar refractivity (Wildman–Crippen MR) is 110 cm³/mol. The van der Waals surface area contributed by atoms with Gasteiger partial charge in [0.1, 0.15) is 6.33 Å². The third kappa shape index (κ3) is 5.39. The van der Waals surface area contributed by atoms with Crippen molar-refractivity contribution in [2.24, 2.45) is 0 Å². The number of esters is 1. The Balaban J connectivity index is 1.72. The molecule has 0 spiro atoms. The van der Waals surface area contributed by atoms with E-state index in [0.717, 1.165) is 39.3 Å². The Bertz CT molecular complexity index is 887. The van der Waals surface area contributed by atoms with Crippen LogP contribution in [0.4, 0.5) is 23.0 Å². The first kappa shape index (κ1) is 21.4. The largest absolute Gasteiger partial charge is 0.465 e. The van der Waals surface area contributed by atoms with E-state index in [-0.39, 0.29) is 22.9 Å². The highest BCUT2D eigenvalue weighted by Gasteiger charge is 2.24. The molecule has 1 saturated heterocycles. The predicted octanol–water partition coefficient (Wildman–Crippen LogP) is 2.05. The molecule has 0 bridgehead atoms. The number of benzene rings is 1. The van der Waals surface area contributed by atoms with E-state index in [9.17, 15) is 14.9 Å². The van der Waals surface area contributed by atoms with Gasteiger partial charge in [-0.25, -0.2) is 14.8 Å². The Morgan fingerprint density at radius 1 is 1.27 bits per heavy atom. The van der Waals surface area contributed by atoms with Crippen LogP contribution in [0.1, 0.15) is 16.8 Å². The van der Waals surface area contributed by atoms with Crippen molar-refractivity contribution < 1.29 is 19.2 Å². The van der Waals surface area contributed by atoms with Crippen molar-refractivity contribution in [1.82, 2.24) is 14.9 Å². The van der Waals surface area contributed by atoms with Gasteiger partial charge in [-0.1, -0.05) is 12.1 Å². The van der Waals surface area contributed by atoms with Gasteiger partial charge >= 0.3 is 11.7 Å². The van der Waals surface area contributed by atoms with Crippen molar-refractivity contribution in [3.63, 3.8) is 0 Å². The molecule has 0 amide bonds. The van der Waals surface area contributed by atoms with Crippen molar-refractivity contribution in [1.29, 1.82) is 0 Å². The van der Waals surface area contributed by atoms with Crippen LogP contribution in [-0.2, 0) is 9.47 Å². The van der Waals surface area contributed by atoms with Gasteiger partial charge < -0.3 is 20.1 Å². The summed E-state index contributed by atoms with van der Waals surface area (Å²) in [6.45, 7) is 4.63. The van der Waals surface area contributed by atoms with Gasteiger partial charge in [0.15, 0.2) is 0 Å². The van der Waals surface area contributed by atoms with Gasteiger partial charge in [-0.2, -0.15) is 0 Å². The average Bonchev–Trinajstić information content (AvgIpc) is 2.77. The van der Waals surface area contributed by atoms with Crippen LogP contribution in [0.2, 0.25) is 0 Å². The first-order chi connectivity index (χ1) is 14.6. The first-order valence-corrected chi connectivity index (χ1v) is 9.58. The topological polar surface area (TPSA) is 132 Å². The molecular weight excluding hydrogens is 392 g/mol. The maximum atomic E-state index is 12.0. The number of aromatic nitrogens is 2. The lowest BCUT2D eigenvalue weighted by Crippen LogP contribution is -2.37. The van der Waals surface area contributed by atoms with E-state index in [1.54, 1.807) is 24.3 Å². The van der Waals surface area contributed by atoms with Gasteiger partial charge in [0, 0.05) is 19.6 Å². The molecule has 2 heterocycles. The Labute approximate surface area is 173 Å². The van der Waals surface area contributed by atoms with Crippen LogP contribution in [0.3, 0.4) is 0 Å². The number of ether oxygens (including phenoxy) is 2. The molecule has 30 heavy (non-hydrogen) atoms. The number of rotatable bonds is 9. The molecule has 0 atom stereocenters. The minimum absolute atomic E-state index is 0.0120. The number of methoxy groups -OCH3 is 1. The fraction of sp³-hybridized carbons (Fsp3) is 0.421. The van der Waals surface area contributed by atoms with Crippen molar-refractivity contribution in [3.05, 3.63) is 46.3 Å². The fourth-order valence-electron chi connectivity index (χ4n) is 3.11. The summed E-state index contributed by atoms with van der Waals surface area (Å²) in [7, 11) is 1.27. The zero-order chi connectivity index (χ0) is 21.3. The van der Waals surface area contributed by atoms with E-state index in [0.29, 0.717) is 12.2 Å². The van der Waals surface area contributed by atoms with Crippen LogP contribution in [0.15, 0.2) is 30.6 Å². The lowest BCUT2D eigenvalue weighted by Gasteiger charge is -2.26. The van der Waals surface area contributed by atoms with Gasteiger partial charge in [-0.05, 0) is 25.1 Å². The summed E-state index contributed by atoms with van der Waals surface area (Å²) in [5.74, 6) is -0.451. The normalized spacial score (nSPS) is 14.2. The number of nitrogens with zero attached hydrogens (tertiary/aromatic N) is 4. The second-order valence-electron chi connectivity index (χ2n) is 6.57. The van der Waals surface area contributed by atoms with E-state index in [4.69, 9.17) is 9.47 Å². The fourth-order valence-corrected chi connectivity index (χ4v) is 3.11. The van der Waals surface area contributed by atoms with Gasteiger partial charge in [0.05, 0.1) is 36.5 Å². The van der Waals surface area contributed by atoms with E-state index in [1.165, 1.54) is 13.4 Å². The second-order valence-corrected chi connectivity index (χ2v) is 6.57. The molecule has 1 aromatic heterocycles. The number of carbonyl (C=O) groups excluding carboxylic acids is 1. The Morgan fingerprint density at radius 3 is 2.73 bits per heavy atom. The molecular formula is C19H24N6O5. The summed E-state index contributed by atoms with van der Waals surface area (Å²) in [5.41, 5.74) is 0.306. The van der Waals surface area contributed by atoms with Crippen molar-refractivity contribution in [3.8, 4) is 0 Å². The molecule has 2 N–H and O–H groups in total. The molecule has 160 valence electrons. The highest BCUT2D eigenvalue weighted by molar-refractivity contribution is 5.96. The minimum Gasteiger partial charge on any atom is -0.465 e.